The third-order valence-corrected chi connectivity index (χ3v) is 2.96. The third-order valence-electron chi connectivity index (χ3n) is 2.96. The molecule has 1 aliphatic heterocycles. The van der Waals surface area contributed by atoms with Crippen LogP contribution in [0.4, 0.5) is 5.82 Å². The van der Waals surface area contributed by atoms with Crippen molar-refractivity contribution >= 4 is 11.8 Å². The molecule has 0 aliphatic carbocycles. The van der Waals surface area contributed by atoms with Crippen molar-refractivity contribution in [1.29, 1.82) is 0 Å². The lowest BCUT2D eigenvalue weighted by molar-refractivity contribution is 0.0697. The summed E-state index contributed by atoms with van der Waals surface area (Å²) in [6.07, 6.45) is 2.64. The lowest BCUT2D eigenvalue weighted by Crippen LogP contribution is -2.17. The monoisotopic (exact) mass is 236 g/mol. The summed E-state index contributed by atoms with van der Waals surface area (Å²) in [7, 11) is 0. The van der Waals surface area contributed by atoms with Gasteiger partial charge in [0.1, 0.15) is 11.4 Å². The maximum Gasteiger partial charge on any atom is 0.339 e. The van der Waals surface area contributed by atoms with Gasteiger partial charge in [0.15, 0.2) is 0 Å². The molecule has 0 aromatic carbocycles. The number of carboxylic acid groups (broad SMARTS) is 1. The maximum atomic E-state index is 11.1. The van der Waals surface area contributed by atoms with Crippen LogP contribution in [0.1, 0.15) is 22.3 Å². The van der Waals surface area contributed by atoms with Gasteiger partial charge in [0.25, 0.3) is 0 Å². The number of ether oxygens (including phenoxy) is 1. The lowest BCUT2D eigenvalue weighted by Gasteiger charge is -2.13. The van der Waals surface area contributed by atoms with Crippen LogP contribution in [-0.2, 0) is 4.74 Å². The highest BCUT2D eigenvalue weighted by Gasteiger charge is 2.18. The van der Waals surface area contributed by atoms with Gasteiger partial charge in [-0.3, -0.25) is 0 Å². The fourth-order valence-corrected chi connectivity index (χ4v) is 1.95. The standard InChI is InChI=1S/C12H16N2O3/c1-8-2-4-13-11(10(8)12(15)16)14-6-9-3-5-17-7-9/h2,4,9H,3,5-7H2,1H3,(H,13,14)(H,15,16). The number of nitrogens with one attached hydrogen (secondary N) is 1. The quantitative estimate of drug-likeness (QED) is 0.829. The molecule has 0 saturated carbocycles. The molecule has 0 amide bonds. The Kier molecular flexibility index (Phi) is 3.58. The first-order valence-corrected chi connectivity index (χ1v) is 5.69. The van der Waals surface area contributed by atoms with Crippen molar-refractivity contribution in [2.24, 2.45) is 5.92 Å². The van der Waals surface area contributed by atoms with E-state index in [-0.39, 0.29) is 5.56 Å². The van der Waals surface area contributed by atoms with Crippen molar-refractivity contribution in [2.45, 2.75) is 13.3 Å². The molecule has 1 fully saturated rings. The van der Waals surface area contributed by atoms with Crippen molar-refractivity contribution in [2.75, 3.05) is 25.1 Å². The molecule has 0 spiro atoms. The Hall–Kier alpha value is -1.62. The van der Waals surface area contributed by atoms with Gasteiger partial charge in [-0.25, -0.2) is 9.78 Å². The van der Waals surface area contributed by atoms with Crippen LogP contribution in [0.5, 0.6) is 0 Å². The summed E-state index contributed by atoms with van der Waals surface area (Å²) in [4.78, 5) is 15.2. The predicted octanol–water partition coefficient (Wildman–Crippen LogP) is 1.54. The van der Waals surface area contributed by atoms with Crippen molar-refractivity contribution in [3.63, 3.8) is 0 Å². The molecular weight excluding hydrogens is 220 g/mol. The smallest absolute Gasteiger partial charge is 0.339 e. The summed E-state index contributed by atoms with van der Waals surface area (Å²) in [6.45, 7) is 4.01. The van der Waals surface area contributed by atoms with Gasteiger partial charge < -0.3 is 15.2 Å². The van der Waals surface area contributed by atoms with Gasteiger partial charge in [-0.05, 0) is 25.0 Å². The van der Waals surface area contributed by atoms with E-state index in [9.17, 15) is 4.79 Å². The number of carboxylic acids is 1. The lowest BCUT2D eigenvalue weighted by atomic mass is 10.1. The first-order chi connectivity index (χ1) is 8.18. The van der Waals surface area contributed by atoms with Gasteiger partial charge in [-0.15, -0.1) is 0 Å². The zero-order chi connectivity index (χ0) is 12.3. The number of hydrogen-bond donors (Lipinski definition) is 2. The number of nitrogens with zero attached hydrogens (tertiary/aromatic N) is 1. The van der Waals surface area contributed by atoms with Crippen LogP contribution < -0.4 is 5.32 Å². The first-order valence-electron chi connectivity index (χ1n) is 5.69. The van der Waals surface area contributed by atoms with Gasteiger partial charge in [0, 0.05) is 25.3 Å². The Morgan fingerprint density at radius 3 is 3.18 bits per heavy atom. The van der Waals surface area contributed by atoms with Crippen LogP contribution >= 0.6 is 0 Å². The van der Waals surface area contributed by atoms with Crippen molar-refractivity contribution in [3.8, 4) is 0 Å². The molecule has 92 valence electrons. The first kappa shape index (κ1) is 11.9. The topological polar surface area (TPSA) is 71.5 Å². The van der Waals surface area contributed by atoms with Gasteiger partial charge in [0.2, 0.25) is 0 Å². The van der Waals surface area contributed by atoms with E-state index < -0.39 is 5.97 Å². The molecule has 1 saturated heterocycles. The Balaban J connectivity index is 2.09. The average molecular weight is 236 g/mol. The number of anilines is 1. The van der Waals surface area contributed by atoms with Gasteiger partial charge >= 0.3 is 5.97 Å². The number of aromatic carboxylic acids is 1. The highest BCUT2D eigenvalue weighted by molar-refractivity contribution is 5.94. The molecule has 1 aromatic heterocycles. The molecule has 2 N–H and O–H groups in total. The maximum absolute atomic E-state index is 11.1. The Morgan fingerprint density at radius 1 is 1.71 bits per heavy atom. The molecule has 2 rings (SSSR count). The molecule has 1 atom stereocenters. The van der Waals surface area contributed by atoms with E-state index in [1.165, 1.54) is 0 Å². The molecule has 5 heteroatoms. The van der Waals surface area contributed by atoms with Crippen LogP contribution in [-0.4, -0.2) is 35.8 Å². The molecule has 0 radical (unpaired) electrons. The van der Waals surface area contributed by atoms with E-state index in [4.69, 9.17) is 9.84 Å². The van der Waals surface area contributed by atoms with E-state index >= 15 is 0 Å². The van der Waals surface area contributed by atoms with Crippen LogP contribution in [0.15, 0.2) is 12.3 Å². The predicted molar refractivity (Wildman–Crippen MR) is 63.3 cm³/mol. The third kappa shape index (κ3) is 2.74. The van der Waals surface area contributed by atoms with E-state index in [2.05, 4.69) is 10.3 Å². The molecule has 1 aliphatic rings. The SMILES string of the molecule is Cc1ccnc(NCC2CCOC2)c1C(=O)O. The van der Waals surface area contributed by atoms with E-state index in [0.717, 1.165) is 25.2 Å². The minimum absolute atomic E-state index is 0.256. The summed E-state index contributed by atoms with van der Waals surface area (Å²) in [5.41, 5.74) is 0.976. The Labute approximate surface area is 99.8 Å². The largest absolute Gasteiger partial charge is 0.478 e. The minimum atomic E-state index is -0.944. The van der Waals surface area contributed by atoms with Gasteiger partial charge in [-0.1, -0.05) is 0 Å². The van der Waals surface area contributed by atoms with Crippen molar-refractivity contribution in [1.82, 2.24) is 4.98 Å². The van der Waals surface area contributed by atoms with Crippen molar-refractivity contribution in [3.05, 3.63) is 23.4 Å². The molecule has 1 unspecified atom stereocenters. The summed E-state index contributed by atoms with van der Waals surface area (Å²) >= 11 is 0. The van der Waals surface area contributed by atoms with Crippen LogP contribution in [0.25, 0.3) is 0 Å². The molecule has 5 nitrogen and oxygen atoms in total. The van der Waals surface area contributed by atoms with Crippen LogP contribution in [0.2, 0.25) is 0 Å². The second-order valence-electron chi connectivity index (χ2n) is 4.27. The highest BCUT2D eigenvalue weighted by atomic mass is 16.5. The number of aryl methyl sites for hydroxylation is 1. The summed E-state index contributed by atoms with van der Waals surface area (Å²) in [6, 6.07) is 1.70. The number of rotatable bonds is 4. The summed E-state index contributed by atoms with van der Waals surface area (Å²) in [5.74, 6) is -0.0517. The molecule has 0 bridgehead atoms. The van der Waals surface area contributed by atoms with Crippen LogP contribution in [0.3, 0.4) is 0 Å². The molecule has 1 aromatic rings. The fourth-order valence-electron chi connectivity index (χ4n) is 1.95. The number of aromatic nitrogens is 1. The van der Waals surface area contributed by atoms with E-state index in [0.29, 0.717) is 18.3 Å². The summed E-state index contributed by atoms with van der Waals surface area (Å²) in [5, 5.41) is 12.2. The van der Waals surface area contributed by atoms with E-state index in [1.54, 1.807) is 19.2 Å². The van der Waals surface area contributed by atoms with Gasteiger partial charge in [0.05, 0.1) is 6.61 Å². The second kappa shape index (κ2) is 5.14. The number of pyridine rings is 1. The summed E-state index contributed by atoms with van der Waals surface area (Å²) < 4.78 is 5.27. The Bertz CT molecular complexity index is 414. The van der Waals surface area contributed by atoms with Crippen LogP contribution in [0, 0.1) is 12.8 Å². The number of hydrogen-bond acceptors (Lipinski definition) is 4. The highest BCUT2D eigenvalue weighted by Crippen LogP contribution is 2.18. The zero-order valence-corrected chi connectivity index (χ0v) is 9.77. The number of carbonyl (C=O) groups is 1. The second-order valence-corrected chi connectivity index (χ2v) is 4.27. The molecule has 2 heterocycles. The normalized spacial score (nSPS) is 19.2. The van der Waals surface area contributed by atoms with Crippen molar-refractivity contribution < 1.29 is 14.6 Å². The average Bonchev–Trinajstić information content (AvgIpc) is 2.78. The molecular formula is C12H16N2O3. The molecule has 17 heavy (non-hydrogen) atoms. The van der Waals surface area contributed by atoms with E-state index in [1.807, 2.05) is 0 Å². The minimum Gasteiger partial charge on any atom is -0.478 e. The Morgan fingerprint density at radius 2 is 2.53 bits per heavy atom. The fraction of sp³-hybridized carbons (Fsp3) is 0.500. The van der Waals surface area contributed by atoms with Gasteiger partial charge in [-0.2, -0.15) is 0 Å². The zero-order valence-electron chi connectivity index (χ0n) is 9.77.